The van der Waals surface area contributed by atoms with Gasteiger partial charge in [-0.2, -0.15) is 0 Å². The highest BCUT2D eigenvalue weighted by atomic mass is 16.3. The molecule has 1 saturated carbocycles. The molecule has 0 spiro atoms. The molecule has 0 heterocycles. The molecule has 0 bridgehead atoms. The topological polar surface area (TPSA) is 66.6 Å². The number of hydrogen-bond donors (Lipinski definition) is 2. The Balaban J connectivity index is 1.97. The van der Waals surface area contributed by atoms with Crippen LogP contribution < -0.4 is 5.73 Å². The number of aromatic hydroxyl groups is 1. The van der Waals surface area contributed by atoms with Crippen LogP contribution in [0.2, 0.25) is 0 Å². The maximum atomic E-state index is 12.5. The van der Waals surface area contributed by atoms with Gasteiger partial charge in [0.25, 0.3) is 0 Å². The SMILES string of the molecule is CCN(C(=O)C(N)Cc1ccc(O)cc1)C1CCCC1. The second-order valence-corrected chi connectivity index (χ2v) is 5.54. The van der Waals surface area contributed by atoms with Gasteiger partial charge in [0, 0.05) is 12.6 Å². The van der Waals surface area contributed by atoms with Crippen molar-refractivity contribution in [3.05, 3.63) is 29.8 Å². The molecule has 0 saturated heterocycles. The predicted molar refractivity (Wildman–Crippen MR) is 79.4 cm³/mol. The van der Waals surface area contributed by atoms with Crippen LogP contribution in [-0.4, -0.2) is 34.5 Å². The second kappa shape index (κ2) is 6.75. The summed E-state index contributed by atoms with van der Waals surface area (Å²) in [6.45, 7) is 2.75. The molecule has 20 heavy (non-hydrogen) atoms. The molecule has 3 N–H and O–H groups in total. The molecule has 1 amide bonds. The number of benzene rings is 1. The van der Waals surface area contributed by atoms with Crippen molar-refractivity contribution in [2.24, 2.45) is 5.73 Å². The van der Waals surface area contributed by atoms with Gasteiger partial charge in [0.1, 0.15) is 5.75 Å². The Morgan fingerprint density at radius 1 is 1.35 bits per heavy atom. The summed E-state index contributed by atoms with van der Waals surface area (Å²) in [5.74, 6) is 0.280. The van der Waals surface area contributed by atoms with E-state index in [2.05, 4.69) is 0 Å². The van der Waals surface area contributed by atoms with E-state index >= 15 is 0 Å². The van der Waals surface area contributed by atoms with Crippen LogP contribution in [0.5, 0.6) is 5.75 Å². The van der Waals surface area contributed by atoms with Crippen LogP contribution in [0, 0.1) is 0 Å². The Kier molecular flexibility index (Phi) is 5.01. The Labute approximate surface area is 120 Å². The molecule has 0 aromatic heterocycles. The lowest BCUT2D eigenvalue weighted by molar-refractivity contribution is -0.134. The highest BCUT2D eigenvalue weighted by Crippen LogP contribution is 2.24. The maximum absolute atomic E-state index is 12.5. The smallest absolute Gasteiger partial charge is 0.240 e. The third kappa shape index (κ3) is 3.51. The van der Waals surface area contributed by atoms with Crippen molar-refractivity contribution in [3.8, 4) is 5.75 Å². The number of likely N-dealkylation sites (N-methyl/N-ethyl adjacent to an activating group) is 1. The Hall–Kier alpha value is -1.55. The summed E-state index contributed by atoms with van der Waals surface area (Å²) in [5.41, 5.74) is 7.06. The third-order valence-corrected chi connectivity index (χ3v) is 4.10. The van der Waals surface area contributed by atoms with Gasteiger partial charge in [-0.15, -0.1) is 0 Å². The van der Waals surface area contributed by atoms with Crippen LogP contribution in [0.4, 0.5) is 0 Å². The fourth-order valence-corrected chi connectivity index (χ4v) is 3.00. The molecule has 1 atom stereocenters. The average molecular weight is 276 g/mol. The monoisotopic (exact) mass is 276 g/mol. The quantitative estimate of drug-likeness (QED) is 0.865. The van der Waals surface area contributed by atoms with E-state index in [1.165, 1.54) is 12.8 Å². The molecule has 1 aliphatic carbocycles. The zero-order chi connectivity index (χ0) is 14.5. The van der Waals surface area contributed by atoms with E-state index in [0.717, 1.165) is 24.9 Å². The standard InChI is InChI=1S/C16H24N2O2/c1-2-18(13-5-3-4-6-13)16(20)15(17)11-12-7-9-14(19)10-8-12/h7-10,13,15,19H,2-6,11,17H2,1H3. The lowest BCUT2D eigenvalue weighted by atomic mass is 10.0. The lowest BCUT2D eigenvalue weighted by Gasteiger charge is -2.30. The van der Waals surface area contributed by atoms with E-state index in [9.17, 15) is 9.90 Å². The van der Waals surface area contributed by atoms with E-state index in [1.807, 2.05) is 24.0 Å². The van der Waals surface area contributed by atoms with Gasteiger partial charge in [-0.05, 0) is 43.9 Å². The summed E-state index contributed by atoms with van der Waals surface area (Å²) < 4.78 is 0. The van der Waals surface area contributed by atoms with Crippen LogP contribution >= 0.6 is 0 Å². The molecule has 1 aromatic carbocycles. The first-order chi connectivity index (χ1) is 9.61. The average Bonchev–Trinajstić information content (AvgIpc) is 2.96. The minimum atomic E-state index is -0.500. The van der Waals surface area contributed by atoms with Gasteiger partial charge in [-0.3, -0.25) is 4.79 Å². The van der Waals surface area contributed by atoms with Crippen molar-refractivity contribution in [2.75, 3.05) is 6.54 Å². The molecule has 4 nitrogen and oxygen atoms in total. The van der Waals surface area contributed by atoms with Gasteiger partial charge in [0.15, 0.2) is 0 Å². The normalized spacial score (nSPS) is 17.1. The number of carbonyl (C=O) groups is 1. The number of nitrogens with zero attached hydrogens (tertiary/aromatic N) is 1. The Morgan fingerprint density at radius 3 is 2.50 bits per heavy atom. The van der Waals surface area contributed by atoms with Crippen LogP contribution in [0.25, 0.3) is 0 Å². The van der Waals surface area contributed by atoms with Crippen molar-refractivity contribution in [1.29, 1.82) is 0 Å². The fraction of sp³-hybridized carbons (Fsp3) is 0.562. The van der Waals surface area contributed by atoms with Crippen molar-refractivity contribution in [1.82, 2.24) is 4.90 Å². The molecule has 1 unspecified atom stereocenters. The van der Waals surface area contributed by atoms with E-state index in [1.54, 1.807) is 12.1 Å². The van der Waals surface area contributed by atoms with Gasteiger partial charge in [-0.1, -0.05) is 25.0 Å². The summed E-state index contributed by atoms with van der Waals surface area (Å²) >= 11 is 0. The first kappa shape index (κ1) is 14.9. The van der Waals surface area contributed by atoms with Crippen LogP contribution in [0.3, 0.4) is 0 Å². The zero-order valence-corrected chi connectivity index (χ0v) is 12.1. The molecule has 0 aliphatic heterocycles. The van der Waals surface area contributed by atoms with Crippen LogP contribution in [-0.2, 0) is 11.2 Å². The number of nitrogens with two attached hydrogens (primary N) is 1. The van der Waals surface area contributed by atoms with Gasteiger partial charge in [0.05, 0.1) is 6.04 Å². The van der Waals surface area contributed by atoms with E-state index in [4.69, 9.17) is 5.73 Å². The van der Waals surface area contributed by atoms with Gasteiger partial charge >= 0.3 is 0 Å². The number of carbonyl (C=O) groups excluding carboxylic acids is 1. The summed E-state index contributed by atoms with van der Waals surface area (Å²) in [4.78, 5) is 14.4. The Morgan fingerprint density at radius 2 is 1.95 bits per heavy atom. The van der Waals surface area contributed by atoms with Crippen molar-refractivity contribution in [2.45, 2.75) is 51.1 Å². The van der Waals surface area contributed by atoms with Crippen LogP contribution in [0.15, 0.2) is 24.3 Å². The minimum Gasteiger partial charge on any atom is -0.508 e. The molecular formula is C16H24N2O2. The fourth-order valence-electron chi connectivity index (χ4n) is 3.00. The second-order valence-electron chi connectivity index (χ2n) is 5.54. The molecule has 1 aromatic rings. The number of phenols is 1. The minimum absolute atomic E-state index is 0.0486. The molecular weight excluding hydrogens is 252 g/mol. The van der Waals surface area contributed by atoms with Crippen molar-refractivity contribution >= 4 is 5.91 Å². The largest absolute Gasteiger partial charge is 0.508 e. The highest BCUT2D eigenvalue weighted by Gasteiger charge is 2.28. The van der Waals surface area contributed by atoms with E-state index < -0.39 is 6.04 Å². The third-order valence-electron chi connectivity index (χ3n) is 4.10. The summed E-state index contributed by atoms with van der Waals surface area (Å²) in [7, 11) is 0. The molecule has 1 aliphatic rings. The highest BCUT2D eigenvalue weighted by molar-refractivity contribution is 5.82. The van der Waals surface area contributed by atoms with Gasteiger partial charge in [0.2, 0.25) is 5.91 Å². The molecule has 2 rings (SSSR count). The summed E-state index contributed by atoms with van der Waals surface area (Å²) in [6.07, 6.45) is 5.14. The van der Waals surface area contributed by atoms with Crippen LogP contribution in [0.1, 0.15) is 38.2 Å². The predicted octanol–water partition coefficient (Wildman–Crippen LogP) is 2.05. The molecule has 4 heteroatoms. The lowest BCUT2D eigenvalue weighted by Crippen LogP contribution is -2.48. The summed E-state index contributed by atoms with van der Waals surface area (Å²) in [6, 6.07) is 6.75. The number of rotatable bonds is 5. The molecule has 110 valence electrons. The zero-order valence-electron chi connectivity index (χ0n) is 12.1. The number of phenolic OH excluding ortho intramolecular Hbond substituents is 1. The van der Waals surface area contributed by atoms with Gasteiger partial charge in [-0.25, -0.2) is 0 Å². The summed E-state index contributed by atoms with van der Waals surface area (Å²) in [5, 5.41) is 9.26. The Bertz CT molecular complexity index is 438. The van der Waals surface area contributed by atoms with Gasteiger partial charge < -0.3 is 15.7 Å². The maximum Gasteiger partial charge on any atom is 0.240 e. The van der Waals surface area contributed by atoms with Crippen molar-refractivity contribution < 1.29 is 9.90 Å². The first-order valence-corrected chi connectivity index (χ1v) is 7.45. The number of hydrogen-bond acceptors (Lipinski definition) is 3. The van der Waals surface area contributed by atoms with E-state index in [0.29, 0.717) is 12.5 Å². The molecule has 1 fully saturated rings. The first-order valence-electron chi connectivity index (χ1n) is 7.45. The molecule has 0 radical (unpaired) electrons. The number of amides is 1. The van der Waals surface area contributed by atoms with E-state index in [-0.39, 0.29) is 11.7 Å². The van der Waals surface area contributed by atoms with Crippen molar-refractivity contribution in [3.63, 3.8) is 0 Å².